The van der Waals surface area contributed by atoms with E-state index < -0.39 is 17.7 Å². The van der Waals surface area contributed by atoms with E-state index in [1.54, 1.807) is 27.7 Å². The molecule has 0 aromatic carbocycles. The minimum Gasteiger partial charge on any atom is -0.491 e. The second-order valence-corrected chi connectivity index (χ2v) is 5.42. The molecule has 20 heavy (non-hydrogen) atoms. The van der Waals surface area contributed by atoms with E-state index in [0.717, 1.165) is 0 Å². The van der Waals surface area contributed by atoms with Crippen molar-refractivity contribution in [2.45, 2.75) is 58.6 Å². The molecule has 1 unspecified atom stereocenters. The molecule has 1 radical (unpaired) electrons. The van der Waals surface area contributed by atoms with Crippen molar-refractivity contribution in [2.24, 2.45) is 0 Å². The summed E-state index contributed by atoms with van der Waals surface area (Å²) in [5.74, 6) is -0.274. The molecule has 0 rings (SSSR count). The third kappa shape index (κ3) is 7.81. The molecule has 0 saturated heterocycles. The number of nitrogens with one attached hydrogen (secondary N) is 1. The molecule has 1 N–H and O–H groups in total. The van der Waals surface area contributed by atoms with Gasteiger partial charge >= 0.3 is 6.09 Å². The van der Waals surface area contributed by atoms with Gasteiger partial charge in [0.05, 0.1) is 12.6 Å². The summed E-state index contributed by atoms with van der Waals surface area (Å²) in [7, 11) is 0. The standard InChI is InChI=1S/C15H26NO4/c1-7-9-10-12(13(17)11(3)19-8-2)16-14(18)20-15(4,5)6/h12H,1,3,7-10H2,2,4-6H3,(H,16,18). The minimum absolute atomic E-state index is 0.0534. The van der Waals surface area contributed by atoms with Crippen molar-refractivity contribution >= 4 is 11.9 Å². The van der Waals surface area contributed by atoms with Gasteiger partial charge < -0.3 is 14.8 Å². The molecule has 0 heterocycles. The first-order chi connectivity index (χ1) is 9.21. The predicted molar refractivity (Wildman–Crippen MR) is 78.1 cm³/mol. The van der Waals surface area contributed by atoms with Gasteiger partial charge in [0.1, 0.15) is 5.60 Å². The first kappa shape index (κ1) is 18.5. The van der Waals surface area contributed by atoms with Crippen LogP contribution in [0.1, 0.15) is 47.0 Å². The first-order valence-corrected chi connectivity index (χ1v) is 6.86. The molecular formula is C15H26NO4. The van der Waals surface area contributed by atoms with Gasteiger partial charge in [-0.25, -0.2) is 4.79 Å². The molecule has 0 aromatic rings. The fraction of sp³-hybridized carbons (Fsp3) is 0.667. The highest BCUT2D eigenvalue weighted by molar-refractivity contribution is 5.98. The summed E-state index contributed by atoms with van der Waals surface area (Å²) in [6.07, 6.45) is 1.25. The van der Waals surface area contributed by atoms with E-state index >= 15 is 0 Å². The van der Waals surface area contributed by atoms with Crippen molar-refractivity contribution in [3.8, 4) is 0 Å². The van der Waals surface area contributed by atoms with Crippen LogP contribution in [0, 0.1) is 6.92 Å². The van der Waals surface area contributed by atoms with E-state index in [0.29, 0.717) is 25.9 Å². The number of unbranched alkanes of at least 4 members (excludes halogenated alkanes) is 1. The zero-order valence-electron chi connectivity index (χ0n) is 13.0. The smallest absolute Gasteiger partial charge is 0.408 e. The lowest BCUT2D eigenvalue weighted by Gasteiger charge is -2.23. The highest BCUT2D eigenvalue weighted by Gasteiger charge is 2.26. The average molecular weight is 284 g/mol. The fourth-order valence-corrected chi connectivity index (χ4v) is 1.51. The zero-order valence-corrected chi connectivity index (χ0v) is 13.0. The Bertz CT molecular complexity index is 344. The number of rotatable bonds is 8. The van der Waals surface area contributed by atoms with Crippen LogP contribution in [0.3, 0.4) is 0 Å². The lowest BCUT2D eigenvalue weighted by Crippen LogP contribution is -2.44. The van der Waals surface area contributed by atoms with Gasteiger partial charge in [0.15, 0.2) is 5.76 Å². The number of carbonyl (C=O) groups is 2. The molecule has 1 atom stereocenters. The number of ether oxygens (including phenoxy) is 2. The van der Waals surface area contributed by atoms with Crippen LogP contribution in [0.25, 0.3) is 0 Å². The lowest BCUT2D eigenvalue weighted by atomic mass is 10.0. The van der Waals surface area contributed by atoms with Crippen molar-refractivity contribution in [3.05, 3.63) is 19.3 Å². The third-order valence-corrected chi connectivity index (χ3v) is 2.34. The van der Waals surface area contributed by atoms with Crippen molar-refractivity contribution in [3.63, 3.8) is 0 Å². The largest absolute Gasteiger partial charge is 0.491 e. The van der Waals surface area contributed by atoms with E-state index in [1.807, 2.05) is 0 Å². The number of carbonyl (C=O) groups excluding carboxylic acids is 2. The summed E-state index contributed by atoms with van der Waals surface area (Å²) in [6.45, 7) is 14.7. The number of alkyl carbamates (subject to hydrolysis) is 1. The molecule has 0 aliphatic rings. The van der Waals surface area contributed by atoms with Crippen LogP contribution in [-0.2, 0) is 14.3 Å². The monoisotopic (exact) mass is 284 g/mol. The second kappa shape index (κ2) is 8.61. The topological polar surface area (TPSA) is 64.6 Å². The number of hydrogen-bond donors (Lipinski definition) is 1. The number of amides is 1. The molecule has 115 valence electrons. The van der Waals surface area contributed by atoms with Crippen LogP contribution in [0.15, 0.2) is 12.3 Å². The Morgan fingerprint density at radius 3 is 2.35 bits per heavy atom. The van der Waals surface area contributed by atoms with E-state index in [2.05, 4.69) is 18.8 Å². The highest BCUT2D eigenvalue weighted by Crippen LogP contribution is 2.11. The van der Waals surface area contributed by atoms with E-state index in [-0.39, 0.29) is 11.5 Å². The molecule has 0 fully saturated rings. The molecule has 0 bridgehead atoms. The van der Waals surface area contributed by atoms with Crippen LogP contribution in [0.2, 0.25) is 0 Å². The summed E-state index contributed by atoms with van der Waals surface area (Å²) >= 11 is 0. The SMILES string of the molecule is [CH2]CCCC(NC(=O)OC(C)(C)C)C(=O)C(=C)OCC. The molecular weight excluding hydrogens is 258 g/mol. The molecule has 0 saturated carbocycles. The Kier molecular flexibility index (Phi) is 7.96. The van der Waals surface area contributed by atoms with Gasteiger partial charge in [0.2, 0.25) is 5.78 Å². The van der Waals surface area contributed by atoms with Crippen molar-refractivity contribution in [2.75, 3.05) is 6.61 Å². The van der Waals surface area contributed by atoms with Gasteiger partial charge in [-0.3, -0.25) is 4.79 Å². The van der Waals surface area contributed by atoms with Gasteiger partial charge in [-0.1, -0.05) is 26.3 Å². The van der Waals surface area contributed by atoms with Gasteiger partial charge in [-0.05, 0) is 34.1 Å². The molecule has 0 aliphatic carbocycles. The van der Waals surface area contributed by atoms with Gasteiger partial charge in [-0.15, -0.1) is 0 Å². The number of hydrogen-bond acceptors (Lipinski definition) is 4. The normalized spacial score (nSPS) is 12.4. The fourth-order valence-electron chi connectivity index (χ4n) is 1.51. The predicted octanol–water partition coefficient (Wildman–Crippen LogP) is 3.00. The average Bonchev–Trinajstić information content (AvgIpc) is 2.31. The van der Waals surface area contributed by atoms with Crippen LogP contribution < -0.4 is 5.32 Å². The molecule has 5 heteroatoms. The highest BCUT2D eigenvalue weighted by atomic mass is 16.6. The lowest BCUT2D eigenvalue weighted by molar-refractivity contribution is -0.121. The second-order valence-electron chi connectivity index (χ2n) is 5.42. The molecule has 0 spiro atoms. The summed E-state index contributed by atoms with van der Waals surface area (Å²) in [6, 6.07) is -0.689. The van der Waals surface area contributed by atoms with Gasteiger partial charge in [0, 0.05) is 0 Å². The quantitative estimate of drug-likeness (QED) is 0.549. The Labute approximate surface area is 121 Å². The Balaban J connectivity index is 4.67. The van der Waals surface area contributed by atoms with Gasteiger partial charge in [-0.2, -0.15) is 0 Å². The van der Waals surface area contributed by atoms with Crippen LogP contribution in [0.5, 0.6) is 0 Å². The summed E-state index contributed by atoms with van der Waals surface area (Å²) in [4.78, 5) is 23.9. The Hall–Kier alpha value is -1.52. The maximum atomic E-state index is 12.1. The summed E-state index contributed by atoms with van der Waals surface area (Å²) in [5.41, 5.74) is -0.610. The van der Waals surface area contributed by atoms with Crippen LogP contribution in [-0.4, -0.2) is 30.1 Å². The van der Waals surface area contributed by atoms with E-state index in [9.17, 15) is 9.59 Å². The zero-order chi connectivity index (χ0) is 15.8. The first-order valence-electron chi connectivity index (χ1n) is 6.86. The molecule has 0 aliphatic heterocycles. The minimum atomic E-state index is -0.689. The number of ketones is 1. The van der Waals surface area contributed by atoms with Crippen molar-refractivity contribution < 1.29 is 19.1 Å². The van der Waals surface area contributed by atoms with E-state index in [4.69, 9.17) is 9.47 Å². The Morgan fingerprint density at radius 1 is 1.30 bits per heavy atom. The van der Waals surface area contributed by atoms with Crippen molar-refractivity contribution in [1.82, 2.24) is 5.32 Å². The molecule has 5 nitrogen and oxygen atoms in total. The maximum Gasteiger partial charge on any atom is 0.408 e. The molecule has 1 amide bonds. The van der Waals surface area contributed by atoms with Gasteiger partial charge in [0.25, 0.3) is 0 Å². The number of Topliss-reactive ketones (excluding diaryl/α,β-unsaturated/α-hetero) is 1. The molecule has 0 aromatic heterocycles. The maximum absolute atomic E-state index is 12.1. The van der Waals surface area contributed by atoms with Crippen LogP contribution in [0.4, 0.5) is 4.79 Å². The summed E-state index contributed by atoms with van der Waals surface area (Å²) < 4.78 is 10.2. The van der Waals surface area contributed by atoms with Crippen LogP contribution >= 0.6 is 0 Å². The third-order valence-electron chi connectivity index (χ3n) is 2.34. The van der Waals surface area contributed by atoms with E-state index in [1.165, 1.54) is 0 Å². The summed E-state index contributed by atoms with van der Waals surface area (Å²) in [5, 5.41) is 2.57. The van der Waals surface area contributed by atoms with Crippen molar-refractivity contribution in [1.29, 1.82) is 0 Å². The Morgan fingerprint density at radius 2 is 1.90 bits per heavy atom.